The van der Waals surface area contributed by atoms with Crippen LogP contribution in [0.3, 0.4) is 0 Å². The number of rotatable bonds is 0. The SMILES string of the molecule is [B].[Cl][Ti]([Cl])([Cl])[Cl].[H-].[Na+]. The quantitative estimate of drug-likeness (QED) is 0.486. The molecular formula is HBCl4NaTi. The Labute approximate surface area is 87.4 Å². The van der Waals surface area contributed by atoms with Gasteiger partial charge in [0.15, 0.2) is 0 Å². The molecule has 3 radical (unpaired) electrons. The molecule has 7 heavy (non-hydrogen) atoms. The smallest absolute Gasteiger partial charge is 1.00 e. The summed E-state index contributed by atoms with van der Waals surface area (Å²) < 4.78 is 0. The van der Waals surface area contributed by atoms with Crippen LogP contribution >= 0.6 is 37.2 Å². The van der Waals surface area contributed by atoms with E-state index >= 15 is 0 Å². The van der Waals surface area contributed by atoms with Gasteiger partial charge in [-0.05, 0) is 0 Å². The predicted octanol–water partition coefficient (Wildman–Crippen LogP) is -0.509. The third-order valence-electron chi connectivity index (χ3n) is 0. The Balaban J connectivity index is -0.0000000267. The van der Waals surface area contributed by atoms with Crippen molar-refractivity contribution in [1.82, 2.24) is 0 Å². The van der Waals surface area contributed by atoms with E-state index in [4.69, 9.17) is 37.2 Å². The zero-order chi connectivity index (χ0) is 4.50. The summed E-state index contributed by atoms with van der Waals surface area (Å²) in [7, 11) is 20.1. The summed E-state index contributed by atoms with van der Waals surface area (Å²) in [5, 5.41) is 0. The van der Waals surface area contributed by atoms with E-state index in [0.717, 1.165) is 0 Å². The van der Waals surface area contributed by atoms with Gasteiger partial charge in [0.1, 0.15) is 0 Å². The molecule has 0 aromatic carbocycles. The molecule has 0 atom stereocenters. The van der Waals surface area contributed by atoms with Crippen LogP contribution in [0.15, 0.2) is 0 Å². The molecule has 0 heterocycles. The van der Waals surface area contributed by atoms with Crippen LogP contribution in [0.2, 0.25) is 0 Å². The van der Waals surface area contributed by atoms with Gasteiger partial charge in [0.05, 0.1) is 0 Å². The van der Waals surface area contributed by atoms with E-state index in [1.54, 1.807) is 0 Å². The van der Waals surface area contributed by atoms with Crippen LogP contribution in [0.4, 0.5) is 0 Å². The maximum absolute atomic E-state index is 5.01. The molecular weight excluding hydrogens is 223 g/mol. The normalized spacial score (nSPS) is 8.57. The number of hydrogen-bond acceptors (Lipinski definition) is 0. The van der Waals surface area contributed by atoms with Gasteiger partial charge >= 0.3 is 79.1 Å². The minimum absolute atomic E-state index is 0. The van der Waals surface area contributed by atoms with Crippen molar-refractivity contribution < 1.29 is 43.3 Å². The van der Waals surface area contributed by atoms with Gasteiger partial charge in [0, 0.05) is 8.41 Å². The maximum Gasteiger partial charge on any atom is 1.00 e. The molecule has 0 rings (SSSR count). The molecule has 0 aliphatic carbocycles. The summed E-state index contributed by atoms with van der Waals surface area (Å²) in [4.78, 5) is 0. The van der Waals surface area contributed by atoms with E-state index in [9.17, 15) is 0 Å². The molecule has 0 spiro atoms. The first kappa shape index (κ1) is 16.5. The Morgan fingerprint density at radius 2 is 1.00 bits per heavy atom. The third kappa shape index (κ3) is 49.8. The fourth-order valence-electron chi connectivity index (χ4n) is 0. The van der Waals surface area contributed by atoms with E-state index in [1.165, 1.54) is 0 Å². The fraction of sp³-hybridized carbons (Fsp3) is 0. The monoisotopic (exact) mass is 223 g/mol. The zero-order valence-corrected chi connectivity index (χ0v) is 10.2. The Morgan fingerprint density at radius 3 is 1.00 bits per heavy atom. The topological polar surface area (TPSA) is 0 Å². The maximum atomic E-state index is 5.01. The van der Waals surface area contributed by atoms with Crippen LogP contribution in [0.5, 0.6) is 0 Å². The summed E-state index contributed by atoms with van der Waals surface area (Å²) >= 11 is -3.11. The van der Waals surface area contributed by atoms with E-state index in [2.05, 4.69) is 0 Å². The molecule has 0 bridgehead atoms. The van der Waals surface area contributed by atoms with Gasteiger partial charge in [-0.25, -0.2) is 0 Å². The molecule has 0 fully saturated rings. The van der Waals surface area contributed by atoms with Gasteiger partial charge in [-0.1, -0.05) is 0 Å². The fourth-order valence-corrected chi connectivity index (χ4v) is 0. The summed E-state index contributed by atoms with van der Waals surface area (Å²) in [5.74, 6) is 0. The zero-order valence-electron chi connectivity index (χ0n) is 4.59. The van der Waals surface area contributed by atoms with Crippen molar-refractivity contribution in [3.8, 4) is 0 Å². The Bertz CT molecular complexity index is 31.5. The van der Waals surface area contributed by atoms with Gasteiger partial charge in [0.25, 0.3) is 0 Å². The first-order valence-electron chi connectivity index (χ1n) is 0.756. The average Bonchev–Trinajstić information content (AvgIpc) is 0.722. The van der Waals surface area contributed by atoms with Crippen molar-refractivity contribution in [2.45, 2.75) is 0 Å². The van der Waals surface area contributed by atoms with Crippen LogP contribution in [0.1, 0.15) is 1.43 Å². The van der Waals surface area contributed by atoms with E-state index in [0.29, 0.717) is 0 Å². The number of halogens is 4. The van der Waals surface area contributed by atoms with Crippen molar-refractivity contribution in [1.29, 1.82) is 0 Å². The molecule has 0 unspecified atom stereocenters. The van der Waals surface area contributed by atoms with Gasteiger partial charge in [0.2, 0.25) is 0 Å². The van der Waals surface area contributed by atoms with Gasteiger partial charge in [-0.15, -0.1) is 0 Å². The molecule has 0 saturated heterocycles. The van der Waals surface area contributed by atoms with Crippen LogP contribution in [-0.4, -0.2) is 8.41 Å². The second-order valence-electron chi connectivity index (χ2n) is 0.429. The molecule has 0 aliphatic rings. The van der Waals surface area contributed by atoms with E-state index in [1.807, 2.05) is 0 Å². The van der Waals surface area contributed by atoms with Crippen molar-refractivity contribution in [3.63, 3.8) is 0 Å². The van der Waals surface area contributed by atoms with Crippen molar-refractivity contribution in [2.75, 3.05) is 0 Å². The van der Waals surface area contributed by atoms with Crippen molar-refractivity contribution >= 4 is 45.6 Å². The van der Waals surface area contributed by atoms with Gasteiger partial charge in [-0.3, -0.25) is 0 Å². The standard InChI is InChI=1S/B.4ClH.Na.Ti.H/h;4*1H;;;/q;;;;;+1;+4;-1/p-4. The third-order valence-corrected chi connectivity index (χ3v) is 0. The van der Waals surface area contributed by atoms with Crippen LogP contribution in [0.25, 0.3) is 0 Å². The van der Waals surface area contributed by atoms with E-state index < -0.39 is 12.3 Å². The molecule has 0 nitrogen and oxygen atoms in total. The van der Waals surface area contributed by atoms with Crippen molar-refractivity contribution in [3.05, 3.63) is 0 Å². The second-order valence-corrected chi connectivity index (χ2v) is 15.9. The molecule has 7 heteroatoms. The number of hydrogen-bond donors (Lipinski definition) is 0. The Morgan fingerprint density at radius 1 is 1.00 bits per heavy atom. The Kier molecular flexibility index (Phi) is 16.6. The summed E-state index contributed by atoms with van der Waals surface area (Å²) in [6.45, 7) is 0. The largest absolute Gasteiger partial charge is 1.00 e. The van der Waals surface area contributed by atoms with Gasteiger partial charge in [-0.2, -0.15) is 0 Å². The van der Waals surface area contributed by atoms with Crippen molar-refractivity contribution in [2.24, 2.45) is 0 Å². The van der Waals surface area contributed by atoms with Gasteiger partial charge < -0.3 is 1.43 Å². The first-order chi connectivity index (χ1) is 2.00. The summed E-state index contributed by atoms with van der Waals surface area (Å²) in [6, 6.07) is 0. The molecule has 0 aromatic heterocycles. The predicted molar refractivity (Wildman–Crippen MR) is 30.3 cm³/mol. The summed E-state index contributed by atoms with van der Waals surface area (Å²) in [6.07, 6.45) is 0. The second kappa shape index (κ2) is 7.05. The van der Waals surface area contributed by atoms with Crippen LogP contribution in [0, 0.1) is 0 Å². The average molecular weight is 224 g/mol. The van der Waals surface area contributed by atoms with Crippen LogP contribution < -0.4 is 29.6 Å². The molecule has 0 N–H and O–H groups in total. The molecule has 0 aromatic rings. The molecule has 0 aliphatic heterocycles. The molecule has 0 amide bonds. The minimum Gasteiger partial charge on any atom is -1.00 e. The molecule has 0 saturated carbocycles. The van der Waals surface area contributed by atoms with E-state index in [-0.39, 0.29) is 39.4 Å². The first-order valence-corrected chi connectivity index (χ1v) is 9.35. The Hall–Kier alpha value is 2.94. The molecule has 37 valence electrons. The minimum atomic E-state index is -3.11. The summed E-state index contributed by atoms with van der Waals surface area (Å²) in [5.41, 5.74) is 0. The van der Waals surface area contributed by atoms with Crippen LogP contribution in [-0.2, 0) is 12.3 Å².